The topological polar surface area (TPSA) is 87.1 Å². The van der Waals surface area contributed by atoms with Gasteiger partial charge < -0.3 is 4.74 Å². The number of rotatable bonds is 10. The first-order chi connectivity index (χ1) is 9.91. The first kappa shape index (κ1) is 24.1. The number of ether oxygens (including phenoxy) is 1. The molecular weight excluding hydrogens is 303 g/mol. The number of epoxide rings is 1. The average Bonchev–Trinajstić information content (AvgIpc) is 3.23. The summed E-state index contributed by atoms with van der Waals surface area (Å²) < 4.78 is 37.6. The van der Waals surface area contributed by atoms with E-state index in [1.165, 1.54) is 95.8 Å². The van der Waals surface area contributed by atoms with E-state index in [-0.39, 0.29) is 0 Å². The van der Waals surface area contributed by atoms with Crippen molar-refractivity contribution in [2.45, 2.75) is 74.8 Å². The molecule has 5 nitrogen and oxygen atoms in total. The SMILES string of the molecule is C1CO1.CCCCCCCCCCC[CH2][Na].O=S(=O)(O)O. The molecule has 0 aliphatic carbocycles. The Kier molecular flexibility index (Phi) is 21.7. The van der Waals surface area contributed by atoms with Crippen LogP contribution in [0.2, 0.25) is 3.67 Å². The molecule has 1 rings (SSSR count). The van der Waals surface area contributed by atoms with Crippen LogP contribution in [0.3, 0.4) is 0 Å². The summed E-state index contributed by atoms with van der Waals surface area (Å²) in [6, 6.07) is 0. The smallest absolute Gasteiger partial charge is 0.264 e. The van der Waals surface area contributed by atoms with E-state index in [9.17, 15) is 0 Å². The van der Waals surface area contributed by atoms with Gasteiger partial charge in [-0.1, -0.05) is 0 Å². The van der Waals surface area contributed by atoms with Crippen molar-refractivity contribution < 1.29 is 22.3 Å². The van der Waals surface area contributed by atoms with E-state index >= 15 is 0 Å². The fourth-order valence-corrected chi connectivity index (χ4v) is 2.24. The van der Waals surface area contributed by atoms with Crippen LogP contribution in [-0.2, 0) is 15.1 Å². The van der Waals surface area contributed by atoms with Crippen molar-refractivity contribution in [3.8, 4) is 0 Å². The number of unbranched alkanes of at least 4 members (excludes halogenated alkanes) is 9. The van der Waals surface area contributed by atoms with Gasteiger partial charge in [-0.25, -0.2) is 0 Å². The van der Waals surface area contributed by atoms with Crippen molar-refractivity contribution in [1.29, 1.82) is 0 Å². The molecular formula is C14H31NaO5S. The Bertz CT molecular complexity index is 260. The van der Waals surface area contributed by atoms with Gasteiger partial charge in [0.1, 0.15) is 0 Å². The molecule has 0 amide bonds. The van der Waals surface area contributed by atoms with Crippen LogP contribution in [0.25, 0.3) is 0 Å². The van der Waals surface area contributed by atoms with Gasteiger partial charge in [0.2, 0.25) is 0 Å². The van der Waals surface area contributed by atoms with Gasteiger partial charge >= 0.3 is 113 Å². The van der Waals surface area contributed by atoms with E-state index < -0.39 is 10.4 Å². The molecule has 0 aromatic rings. The third-order valence-corrected chi connectivity index (χ3v) is 3.62. The maximum absolute atomic E-state index is 8.74. The zero-order valence-electron chi connectivity index (χ0n) is 13.7. The molecule has 0 aromatic carbocycles. The summed E-state index contributed by atoms with van der Waals surface area (Å²) in [5, 5.41) is 0. The Morgan fingerprint density at radius 3 is 1.38 bits per heavy atom. The predicted octanol–water partition coefficient (Wildman–Crippen LogP) is 3.86. The zero-order chi connectivity index (χ0) is 16.4. The maximum atomic E-state index is 8.74. The van der Waals surface area contributed by atoms with Gasteiger partial charge in [0, 0.05) is 0 Å². The van der Waals surface area contributed by atoms with Gasteiger partial charge in [-0.3, -0.25) is 9.11 Å². The maximum Gasteiger partial charge on any atom is 0.394 e. The summed E-state index contributed by atoms with van der Waals surface area (Å²) in [6.07, 6.45) is 14.7. The molecule has 1 fully saturated rings. The molecule has 1 saturated heterocycles. The van der Waals surface area contributed by atoms with Crippen molar-refractivity contribution in [3.63, 3.8) is 0 Å². The molecule has 1 aliphatic rings. The van der Waals surface area contributed by atoms with Crippen LogP contribution in [0.4, 0.5) is 0 Å². The van der Waals surface area contributed by atoms with Crippen LogP contribution < -0.4 is 0 Å². The fourth-order valence-electron chi connectivity index (χ4n) is 1.74. The average molecular weight is 334 g/mol. The quantitative estimate of drug-likeness (QED) is 0.274. The summed E-state index contributed by atoms with van der Waals surface area (Å²) in [7, 11) is -4.67. The Morgan fingerprint density at radius 1 is 0.857 bits per heavy atom. The van der Waals surface area contributed by atoms with Gasteiger partial charge in [-0.05, 0) is 0 Å². The number of hydrogen-bond donors (Lipinski definition) is 2. The van der Waals surface area contributed by atoms with E-state index in [2.05, 4.69) is 11.7 Å². The standard InChI is InChI=1S/C12H25.C2H4O.Na.H2O4S/c1-3-5-7-9-11-12-10-8-6-4-2;1-2-3-1;;1-5(2,3)4/h1,3-12H2,2H3;1-2H2;;(H2,1,2,3,4). The molecule has 2 N–H and O–H groups in total. The molecule has 0 aromatic heterocycles. The fraction of sp³-hybridized carbons (Fsp3) is 1.00. The molecule has 0 unspecified atom stereocenters. The van der Waals surface area contributed by atoms with E-state index in [1.54, 1.807) is 0 Å². The molecule has 124 valence electrons. The van der Waals surface area contributed by atoms with Gasteiger partial charge in [0.15, 0.2) is 0 Å². The molecule has 0 bridgehead atoms. The van der Waals surface area contributed by atoms with Crippen molar-refractivity contribution in [2.24, 2.45) is 0 Å². The Labute approximate surface area is 148 Å². The predicted molar refractivity (Wildman–Crippen MR) is 87.4 cm³/mol. The minimum atomic E-state index is -4.67. The Hall–Kier alpha value is 0.830. The second-order valence-corrected chi connectivity index (χ2v) is 7.14. The monoisotopic (exact) mass is 334 g/mol. The zero-order valence-corrected chi connectivity index (χ0v) is 16.5. The second kappa shape index (κ2) is 18.9. The van der Waals surface area contributed by atoms with E-state index in [1.807, 2.05) is 0 Å². The molecule has 1 aliphatic heterocycles. The van der Waals surface area contributed by atoms with E-state index in [0.29, 0.717) is 0 Å². The van der Waals surface area contributed by atoms with Crippen LogP contribution in [0.5, 0.6) is 0 Å². The largest absolute Gasteiger partial charge is 0.394 e. The Morgan fingerprint density at radius 2 is 1.14 bits per heavy atom. The second-order valence-electron chi connectivity index (χ2n) is 5.24. The van der Waals surface area contributed by atoms with Crippen LogP contribution in [0.1, 0.15) is 71.1 Å². The van der Waals surface area contributed by atoms with Crippen molar-refractivity contribution in [1.82, 2.24) is 0 Å². The molecule has 0 spiro atoms. The molecule has 7 heteroatoms. The molecule has 0 saturated carbocycles. The molecule has 21 heavy (non-hydrogen) atoms. The third kappa shape index (κ3) is 52.8. The molecule has 0 atom stereocenters. The van der Waals surface area contributed by atoms with Crippen LogP contribution >= 0.6 is 0 Å². The van der Waals surface area contributed by atoms with E-state index in [0.717, 1.165) is 13.2 Å². The third-order valence-electron chi connectivity index (χ3n) is 2.91. The summed E-state index contributed by atoms with van der Waals surface area (Å²) in [4.78, 5) is 0. The summed E-state index contributed by atoms with van der Waals surface area (Å²) in [6.45, 7) is 4.29. The van der Waals surface area contributed by atoms with Gasteiger partial charge in [0.25, 0.3) is 0 Å². The van der Waals surface area contributed by atoms with E-state index in [4.69, 9.17) is 17.5 Å². The molecule has 1 heterocycles. The minimum absolute atomic E-state index is 1.00. The Balaban J connectivity index is 0. The normalized spacial score (nSPS) is 12.8. The van der Waals surface area contributed by atoms with Gasteiger partial charge in [-0.15, -0.1) is 0 Å². The first-order valence-electron chi connectivity index (χ1n) is 8.19. The minimum Gasteiger partial charge on any atom is -0.264 e. The van der Waals surface area contributed by atoms with Crippen molar-refractivity contribution in [3.05, 3.63) is 0 Å². The van der Waals surface area contributed by atoms with Crippen LogP contribution in [0.15, 0.2) is 0 Å². The van der Waals surface area contributed by atoms with Crippen LogP contribution in [-0.4, -0.2) is 58.7 Å². The summed E-state index contributed by atoms with van der Waals surface area (Å²) in [5.74, 6) is 0. The first-order valence-corrected chi connectivity index (χ1v) is 11.0. The number of hydrogen-bond acceptors (Lipinski definition) is 3. The van der Waals surface area contributed by atoms with Gasteiger partial charge in [-0.2, -0.15) is 8.42 Å². The van der Waals surface area contributed by atoms with Crippen molar-refractivity contribution >= 4 is 38.3 Å². The van der Waals surface area contributed by atoms with Crippen molar-refractivity contribution in [2.75, 3.05) is 13.2 Å². The van der Waals surface area contributed by atoms with Crippen LogP contribution in [0, 0.1) is 0 Å². The van der Waals surface area contributed by atoms with Gasteiger partial charge in [0.05, 0.1) is 13.2 Å². The summed E-state index contributed by atoms with van der Waals surface area (Å²) >= 11 is 1.41. The summed E-state index contributed by atoms with van der Waals surface area (Å²) in [5.41, 5.74) is 0. The molecule has 0 radical (unpaired) electrons.